The van der Waals surface area contributed by atoms with Crippen molar-refractivity contribution >= 4 is 15.5 Å². The summed E-state index contributed by atoms with van der Waals surface area (Å²) in [6, 6.07) is 12.8. The van der Waals surface area contributed by atoms with Crippen LogP contribution in [0.25, 0.3) is 11.1 Å². The third kappa shape index (κ3) is 2.79. The molecule has 0 atom stereocenters. The molecule has 19 heavy (non-hydrogen) atoms. The SMILES string of the molecule is CS(=O)(=O)c1ccc(-c2ccccc2)c([N+](=O)[O-])c1. The first-order valence-corrected chi connectivity index (χ1v) is 7.32. The summed E-state index contributed by atoms with van der Waals surface area (Å²) in [5, 5.41) is 11.1. The van der Waals surface area contributed by atoms with Crippen LogP contribution in [0.1, 0.15) is 0 Å². The van der Waals surface area contributed by atoms with Crippen LogP contribution in [-0.4, -0.2) is 19.6 Å². The van der Waals surface area contributed by atoms with Gasteiger partial charge in [-0.3, -0.25) is 10.1 Å². The third-order valence-corrected chi connectivity index (χ3v) is 3.79. The highest BCUT2D eigenvalue weighted by Crippen LogP contribution is 2.31. The molecule has 0 unspecified atom stereocenters. The monoisotopic (exact) mass is 277 g/mol. The van der Waals surface area contributed by atoms with Gasteiger partial charge in [-0.2, -0.15) is 0 Å². The average Bonchev–Trinajstić information content (AvgIpc) is 2.38. The van der Waals surface area contributed by atoms with E-state index in [1.165, 1.54) is 12.1 Å². The number of rotatable bonds is 3. The van der Waals surface area contributed by atoms with Crippen molar-refractivity contribution < 1.29 is 13.3 Å². The van der Waals surface area contributed by atoms with Crippen molar-refractivity contribution in [3.63, 3.8) is 0 Å². The average molecular weight is 277 g/mol. The van der Waals surface area contributed by atoms with E-state index in [1.807, 2.05) is 0 Å². The van der Waals surface area contributed by atoms with Crippen LogP contribution in [0, 0.1) is 10.1 Å². The van der Waals surface area contributed by atoms with Crippen LogP contribution in [0.4, 0.5) is 5.69 Å². The lowest BCUT2D eigenvalue weighted by atomic mass is 10.0. The van der Waals surface area contributed by atoms with Crippen LogP contribution < -0.4 is 0 Å². The Hall–Kier alpha value is -2.21. The molecular formula is C13H11NO4S. The molecule has 5 nitrogen and oxygen atoms in total. The van der Waals surface area contributed by atoms with Gasteiger partial charge in [0.15, 0.2) is 9.84 Å². The molecule has 98 valence electrons. The predicted octanol–water partition coefficient (Wildman–Crippen LogP) is 2.67. The van der Waals surface area contributed by atoms with Gasteiger partial charge in [-0.15, -0.1) is 0 Å². The number of hydrogen-bond donors (Lipinski definition) is 0. The second-order valence-electron chi connectivity index (χ2n) is 4.07. The molecule has 2 aromatic rings. The van der Waals surface area contributed by atoms with Crippen molar-refractivity contribution in [3.05, 3.63) is 58.6 Å². The second kappa shape index (κ2) is 4.81. The predicted molar refractivity (Wildman–Crippen MR) is 71.6 cm³/mol. The van der Waals surface area contributed by atoms with Crippen LogP contribution in [0.15, 0.2) is 53.4 Å². The van der Waals surface area contributed by atoms with Gasteiger partial charge >= 0.3 is 0 Å². The van der Waals surface area contributed by atoms with Gasteiger partial charge in [0, 0.05) is 12.3 Å². The molecule has 0 N–H and O–H groups in total. The Morgan fingerprint density at radius 3 is 2.21 bits per heavy atom. The van der Waals surface area contributed by atoms with Crippen LogP contribution in [0.2, 0.25) is 0 Å². The normalized spacial score (nSPS) is 11.2. The van der Waals surface area contributed by atoms with Crippen LogP contribution in [0.5, 0.6) is 0 Å². The van der Waals surface area contributed by atoms with E-state index in [-0.39, 0.29) is 10.6 Å². The zero-order valence-electron chi connectivity index (χ0n) is 10.1. The number of nitro groups is 1. The van der Waals surface area contributed by atoms with E-state index in [9.17, 15) is 18.5 Å². The smallest absolute Gasteiger partial charge is 0.258 e. The summed E-state index contributed by atoms with van der Waals surface area (Å²) in [4.78, 5) is 10.5. The molecule has 0 saturated carbocycles. The Kier molecular flexibility index (Phi) is 3.35. The first-order valence-electron chi connectivity index (χ1n) is 5.43. The van der Waals surface area contributed by atoms with E-state index in [0.29, 0.717) is 11.1 Å². The fraction of sp³-hybridized carbons (Fsp3) is 0.0769. The van der Waals surface area contributed by atoms with Crippen molar-refractivity contribution in [2.45, 2.75) is 4.90 Å². The van der Waals surface area contributed by atoms with Crippen LogP contribution in [-0.2, 0) is 9.84 Å². The molecule has 0 saturated heterocycles. The molecule has 0 aromatic heterocycles. The zero-order chi connectivity index (χ0) is 14.0. The van der Waals surface area contributed by atoms with Crippen molar-refractivity contribution in [1.82, 2.24) is 0 Å². The van der Waals surface area contributed by atoms with E-state index in [4.69, 9.17) is 0 Å². The Morgan fingerprint density at radius 2 is 1.68 bits per heavy atom. The minimum absolute atomic E-state index is 0.0566. The van der Waals surface area contributed by atoms with Crippen molar-refractivity contribution in [2.24, 2.45) is 0 Å². The topological polar surface area (TPSA) is 77.3 Å². The maximum Gasteiger partial charge on any atom is 0.278 e. The first kappa shape index (κ1) is 13.2. The molecule has 0 aliphatic rings. The molecule has 6 heteroatoms. The van der Waals surface area contributed by atoms with E-state index in [2.05, 4.69) is 0 Å². The summed E-state index contributed by atoms with van der Waals surface area (Å²) in [6.07, 6.45) is 1.02. The van der Waals surface area contributed by atoms with Gasteiger partial charge in [0.25, 0.3) is 5.69 Å². The molecule has 0 fully saturated rings. The molecule has 0 spiro atoms. The number of hydrogen-bond acceptors (Lipinski definition) is 4. The molecule has 2 rings (SSSR count). The summed E-state index contributed by atoms with van der Waals surface area (Å²) in [6.45, 7) is 0. The molecule has 0 bridgehead atoms. The van der Waals surface area contributed by atoms with Crippen molar-refractivity contribution in [2.75, 3.05) is 6.26 Å². The third-order valence-electron chi connectivity index (χ3n) is 2.68. The molecule has 0 heterocycles. The van der Waals surface area contributed by atoms with Crippen LogP contribution >= 0.6 is 0 Å². The number of benzene rings is 2. The lowest BCUT2D eigenvalue weighted by Crippen LogP contribution is -2.00. The molecule has 0 radical (unpaired) electrons. The standard InChI is InChI=1S/C13H11NO4S/c1-19(17,18)11-7-8-12(13(9-11)14(15)16)10-5-3-2-4-6-10/h2-9H,1H3. The Morgan fingerprint density at radius 1 is 1.05 bits per heavy atom. The lowest BCUT2D eigenvalue weighted by molar-refractivity contribution is -0.384. The molecule has 0 amide bonds. The fourth-order valence-electron chi connectivity index (χ4n) is 1.75. The first-order chi connectivity index (χ1) is 8.89. The largest absolute Gasteiger partial charge is 0.278 e. The molecular weight excluding hydrogens is 266 g/mol. The van der Waals surface area contributed by atoms with Gasteiger partial charge < -0.3 is 0 Å². The number of nitrogens with zero attached hydrogens (tertiary/aromatic N) is 1. The Balaban J connectivity index is 2.67. The van der Waals surface area contributed by atoms with E-state index >= 15 is 0 Å². The van der Waals surface area contributed by atoms with Crippen molar-refractivity contribution in [1.29, 1.82) is 0 Å². The summed E-state index contributed by atoms with van der Waals surface area (Å²) >= 11 is 0. The molecule has 0 aliphatic carbocycles. The van der Waals surface area contributed by atoms with Gasteiger partial charge in [0.05, 0.1) is 15.4 Å². The van der Waals surface area contributed by atoms with Gasteiger partial charge in [-0.25, -0.2) is 8.42 Å². The number of nitro benzene ring substituents is 1. The minimum Gasteiger partial charge on any atom is -0.258 e. The van der Waals surface area contributed by atoms with Gasteiger partial charge in [-0.05, 0) is 17.7 Å². The summed E-state index contributed by atoms with van der Waals surface area (Å²) in [7, 11) is -3.46. The summed E-state index contributed by atoms with van der Waals surface area (Å²) < 4.78 is 22.9. The Bertz CT molecular complexity index is 724. The fourth-order valence-corrected chi connectivity index (χ4v) is 2.40. The molecule has 0 aliphatic heterocycles. The van der Waals surface area contributed by atoms with Crippen LogP contribution in [0.3, 0.4) is 0 Å². The highest BCUT2D eigenvalue weighted by atomic mass is 32.2. The maximum absolute atomic E-state index is 11.4. The quantitative estimate of drug-likeness (QED) is 0.638. The van der Waals surface area contributed by atoms with E-state index < -0.39 is 14.8 Å². The number of sulfone groups is 1. The minimum atomic E-state index is -3.46. The van der Waals surface area contributed by atoms with E-state index in [1.54, 1.807) is 30.3 Å². The summed E-state index contributed by atoms with van der Waals surface area (Å²) in [5.74, 6) is 0. The highest BCUT2D eigenvalue weighted by Gasteiger charge is 2.19. The maximum atomic E-state index is 11.4. The van der Waals surface area contributed by atoms with Gasteiger partial charge in [0.2, 0.25) is 0 Å². The summed E-state index contributed by atoms with van der Waals surface area (Å²) in [5.41, 5.74) is 0.862. The lowest BCUT2D eigenvalue weighted by Gasteiger charge is -2.05. The van der Waals surface area contributed by atoms with Crippen molar-refractivity contribution in [3.8, 4) is 11.1 Å². The second-order valence-corrected chi connectivity index (χ2v) is 6.09. The van der Waals surface area contributed by atoms with Gasteiger partial charge in [-0.1, -0.05) is 30.3 Å². The Labute approximate surface area is 110 Å². The highest BCUT2D eigenvalue weighted by molar-refractivity contribution is 7.90. The molecule has 2 aromatic carbocycles. The van der Waals surface area contributed by atoms with Gasteiger partial charge in [0.1, 0.15) is 0 Å². The zero-order valence-corrected chi connectivity index (χ0v) is 10.9. The van der Waals surface area contributed by atoms with E-state index in [0.717, 1.165) is 12.3 Å².